The normalized spacial score (nSPS) is 13.2. The highest BCUT2D eigenvalue weighted by molar-refractivity contribution is 5.87. The molecule has 0 spiro atoms. The third-order valence-corrected chi connectivity index (χ3v) is 6.78. The van der Waals surface area contributed by atoms with E-state index in [-0.39, 0.29) is 11.6 Å². The average molecular weight is 581 g/mol. The largest absolute Gasteiger partial charge is 0.493 e. The maximum Gasteiger partial charge on any atom is 0.325 e. The zero-order valence-electron chi connectivity index (χ0n) is 23.1. The Labute approximate surface area is 238 Å². The minimum atomic E-state index is -1.00. The number of rotatable bonds is 8. The summed E-state index contributed by atoms with van der Waals surface area (Å²) in [6.45, 7) is 5.86. The molecular weight excluding hydrogens is 550 g/mol. The molecule has 2 aromatic carbocycles. The van der Waals surface area contributed by atoms with E-state index < -0.39 is 22.9 Å². The van der Waals surface area contributed by atoms with Gasteiger partial charge in [-0.05, 0) is 63.5 Å². The molecule has 0 saturated carbocycles. The third-order valence-electron chi connectivity index (χ3n) is 6.78. The van der Waals surface area contributed by atoms with Crippen LogP contribution in [0.4, 0.5) is 8.78 Å². The van der Waals surface area contributed by atoms with E-state index in [0.29, 0.717) is 40.6 Å². The van der Waals surface area contributed by atoms with Gasteiger partial charge in [-0.15, -0.1) is 0 Å². The lowest BCUT2D eigenvalue weighted by Crippen LogP contribution is -2.23. The molecule has 1 saturated heterocycles. The van der Waals surface area contributed by atoms with Gasteiger partial charge in [-0.3, -0.25) is 9.78 Å². The molecule has 11 nitrogen and oxygen atoms in total. The van der Waals surface area contributed by atoms with Crippen molar-refractivity contribution < 1.29 is 23.0 Å². The smallest absolute Gasteiger partial charge is 0.325 e. The molecule has 4 heterocycles. The predicted molar refractivity (Wildman–Crippen MR) is 153 cm³/mol. The van der Waals surface area contributed by atoms with Gasteiger partial charge in [0.05, 0.1) is 24.6 Å². The predicted octanol–water partition coefficient (Wildman–Crippen LogP) is 4.43. The van der Waals surface area contributed by atoms with Crippen molar-refractivity contribution in [2.45, 2.75) is 26.2 Å². The number of nitrogens with one attached hydrogen (secondary N) is 3. The van der Waals surface area contributed by atoms with Crippen LogP contribution in [0.5, 0.6) is 23.1 Å². The van der Waals surface area contributed by atoms with Gasteiger partial charge in [-0.1, -0.05) is 0 Å². The second-order valence-electron chi connectivity index (χ2n) is 9.76. The van der Waals surface area contributed by atoms with Gasteiger partial charge in [0.2, 0.25) is 11.7 Å². The Morgan fingerprint density at radius 2 is 1.79 bits per heavy atom. The number of methoxy groups -OCH3 is 1. The molecule has 3 N–H and O–H groups in total. The van der Waals surface area contributed by atoms with Crippen molar-refractivity contribution in [1.29, 1.82) is 0 Å². The van der Waals surface area contributed by atoms with Crippen LogP contribution in [-0.4, -0.2) is 63.2 Å². The molecule has 5 aromatic rings. The Kier molecular flexibility index (Phi) is 8.77. The highest BCUT2D eigenvalue weighted by atomic mass is 19.1. The van der Waals surface area contributed by atoms with E-state index in [2.05, 4.69) is 19.9 Å². The standard InChI is InChI=1S/C25H27FN4O3.C4H3FN2O2/c1-16-12-17-19(29-16)6-7-21(24(17)26)33-25-18-13-22(31-2)23(14-20(18)27-15-28-25)32-11-5-10-30-8-3-4-9-30;5-2-1-6-4(9)7-3(2)8/h6-7,12-15,29H,3-5,8-11H2,1-2H3;1H,(H2,6,7,8,9). The van der Waals surface area contributed by atoms with Gasteiger partial charge >= 0.3 is 5.69 Å². The van der Waals surface area contributed by atoms with Crippen LogP contribution in [0.2, 0.25) is 0 Å². The number of fused-ring (bicyclic) bond motifs is 2. The van der Waals surface area contributed by atoms with Gasteiger partial charge in [0.25, 0.3) is 5.56 Å². The zero-order valence-corrected chi connectivity index (χ0v) is 23.1. The van der Waals surface area contributed by atoms with Crippen LogP contribution in [0.1, 0.15) is 25.0 Å². The summed E-state index contributed by atoms with van der Waals surface area (Å²) in [5.41, 5.74) is 0.527. The van der Waals surface area contributed by atoms with Gasteiger partial charge in [0.1, 0.15) is 6.33 Å². The molecule has 220 valence electrons. The lowest BCUT2D eigenvalue weighted by Gasteiger charge is -2.16. The van der Waals surface area contributed by atoms with Crippen molar-refractivity contribution in [3.8, 4) is 23.1 Å². The Morgan fingerprint density at radius 3 is 2.52 bits per heavy atom. The molecule has 6 rings (SSSR count). The van der Waals surface area contributed by atoms with Crippen LogP contribution in [-0.2, 0) is 0 Å². The van der Waals surface area contributed by atoms with Gasteiger partial charge in [-0.25, -0.2) is 19.2 Å². The summed E-state index contributed by atoms with van der Waals surface area (Å²) in [7, 11) is 1.59. The fraction of sp³-hybridized carbons (Fsp3) is 0.310. The minimum absolute atomic E-state index is 0.0997. The van der Waals surface area contributed by atoms with E-state index in [1.807, 2.05) is 18.0 Å². The molecule has 1 aliphatic heterocycles. The summed E-state index contributed by atoms with van der Waals surface area (Å²) in [4.78, 5) is 38.2. The van der Waals surface area contributed by atoms with E-state index in [1.54, 1.807) is 36.4 Å². The summed E-state index contributed by atoms with van der Waals surface area (Å²) in [5, 5.41) is 1.09. The van der Waals surface area contributed by atoms with Crippen molar-refractivity contribution in [3.05, 3.63) is 81.0 Å². The number of aromatic nitrogens is 5. The van der Waals surface area contributed by atoms with Crippen LogP contribution >= 0.6 is 0 Å². The monoisotopic (exact) mass is 580 g/mol. The number of hydrogen-bond acceptors (Lipinski definition) is 8. The van der Waals surface area contributed by atoms with Crippen molar-refractivity contribution >= 4 is 21.8 Å². The van der Waals surface area contributed by atoms with Crippen molar-refractivity contribution in [2.24, 2.45) is 0 Å². The summed E-state index contributed by atoms with van der Waals surface area (Å²) in [6.07, 6.45) is 5.62. The summed E-state index contributed by atoms with van der Waals surface area (Å²) in [6, 6.07) is 8.73. The lowest BCUT2D eigenvalue weighted by molar-refractivity contribution is 0.254. The Morgan fingerprint density at radius 1 is 0.976 bits per heavy atom. The molecule has 0 radical (unpaired) electrons. The highest BCUT2D eigenvalue weighted by Crippen LogP contribution is 2.37. The first-order chi connectivity index (χ1) is 20.3. The van der Waals surface area contributed by atoms with Crippen molar-refractivity contribution in [3.63, 3.8) is 0 Å². The molecule has 0 unspecified atom stereocenters. The number of nitrogens with zero attached hydrogens (tertiary/aromatic N) is 3. The van der Waals surface area contributed by atoms with E-state index in [9.17, 15) is 14.0 Å². The van der Waals surface area contributed by atoms with Crippen LogP contribution < -0.4 is 25.5 Å². The first kappa shape index (κ1) is 28.7. The van der Waals surface area contributed by atoms with Gasteiger partial charge in [0.15, 0.2) is 23.1 Å². The summed E-state index contributed by atoms with van der Waals surface area (Å²) in [5.74, 6) is 0.0993. The maximum atomic E-state index is 15.0. The first-order valence-corrected chi connectivity index (χ1v) is 13.4. The number of halogens is 2. The van der Waals surface area contributed by atoms with Crippen molar-refractivity contribution in [2.75, 3.05) is 33.4 Å². The van der Waals surface area contributed by atoms with Gasteiger partial charge in [-0.2, -0.15) is 4.39 Å². The topological polar surface area (TPSA) is 138 Å². The first-order valence-electron chi connectivity index (χ1n) is 13.4. The lowest BCUT2D eigenvalue weighted by atomic mass is 10.2. The maximum absolute atomic E-state index is 15.0. The minimum Gasteiger partial charge on any atom is -0.493 e. The van der Waals surface area contributed by atoms with Gasteiger partial charge in [0, 0.05) is 35.4 Å². The molecule has 0 bridgehead atoms. The number of H-pyrrole nitrogens is 3. The molecule has 0 amide bonds. The number of hydrogen-bond donors (Lipinski definition) is 3. The molecule has 13 heteroatoms. The number of aromatic amines is 3. The van der Waals surface area contributed by atoms with E-state index >= 15 is 4.39 Å². The van der Waals surface area contributed by atoms with Crippen LogP contribution in [0.25, 0.3) is 21.8 Å². The Bertz CT molecular complexity index is 1810. The molecule has 1 aliphatic rings. The van der Waals surface area contributed by atoms with E-state index in [0.717, 1.165) is 24.2 Å². The van der Waals surface area contributed by atoms with E-state index in [1.165, 1.54) is 32.3 Å². The Hall–Kier alpha value is -4.78. The molecular formula is C29H30F2N6O5. The second kappa shape index (κ2) is 12.8. The van der Waals surface area contributed by atoms with Gasteiger partial charge < -0.3 is 29.1 Å². The number of benzene rings is 2. The molecule has 0 atom stereocenters. The second-order valence-corrected chi connectivity index (χ2v) is 9.76. The number of likely N-dealkylation sites (tertiary alicyclic amines) is 1. The fourth-order valence-electron chi connectivity index (χ4n) is 4.73. The molecule has 3 aromatic heterocycles. The molecule has 1 fully saturated rings. The van der Waals surface area contributed by atoms with Crippen LogP contribution in [0.15, 0.2) is 52.4 Å². The van der Waals surface area contributed by atoms with Crippen molar-refractivity contribution in [1.82, 2.24) is 29.8 Å². The van der Waals surface area contributed by atoms with Crippen LogP contribution in [0.3, 0.4) is 0 Å². The van der Waals surface area contributed by atoms with E-state index in [4.69, 9.17) is 14.2 Å². The third kappa shape index (κ3) is 6.57. The average Bonchev–Trinajstić information content (AvgIpc) is 3.64. The highest BCUT2D eigenvalue weighted by Gasteiger charge is 2.17. The summed E-state index contributed by atoms with van der Waals surface area (Å²) < 4.78 is 44.5. The summed E-state index contributed by atoms with van der Waals surface area (Å²) >= 11 is 0. The zero-order chi connectivity index (χ0) is 29.6. The number of ether oxygens (including phenoxy) is 3. The molecule has 42 heavy (non-hydrogen) atoms. The fourth-order valence-corrected chi connectivity index (χ4v) is 4.73. The SMILES string of the molecule is COc1cc2c(Oc3ccc4[nH]c(C)cc4c3F)ncnc2cc1OCCCN1CCCC1.O=c1[nH]cc(F)c(=O)[nH]1. The molecule has 0 aliphatic carbocycles. The Balaban J connectivity index is 0.000000336. The number of aryl methyl sites for hydroxylation is 1. The quantitative estimate of drug-likeness (QED) is 0.229. The van der Waals surface area contributed by atoms with Crippen LogP contribution in [0, 0.1) is 18.6 Å².